The van der Waals surface area contributed by atoms with E-state index in [1.54, 1.807) is 12.1 Å². The SMILES string of the molecule is COc1cc(CCC=O)ccc1OC(C)=O. The Morgan fingerprint density at radius 3 is 2.69 bits per heavy atom. The molecular formula is C12H14O4. The molecule has 0 radical (unpaired) electrons. The van der Waals surface area contributed by atoms with Gasteiger partial charge in [0, 0.05) is 13.3 Å². The van der Waals surface area contributed by atoms with Gasteiger partial charge in [0.2, 0.25) is 0 Å². The van der Waals surface area contributed by atoms with Gasteiger partial charge in [-0.1, -0.05) is 6.07 Å². The molecule has 0 N–H and O–H groups in total. The second kappa shape index (κ2) is 5.90. The van der Waals surface area contributed by atoms with Crippen LogP contribution in [0.15, 0.2) is 18.2 Å². The number of aldehydes is 1. The highest BCUT2D eigenvalue weighted by Gasteiger charge is 2.07. The van der Waals surface area contributed by atoms with E-state index in [2.05, 4.69) is 0 Å². The van der Waals surface area contributed by atoms with Gasteiger partial charge in [-0.05, 0) is 24.1 Å². The number of rotatable bonds is 5. The van der Waals surface area contributed by atoms with Crippen LogP contribution in [0.2, 0.25) is 0 Å². The van der Waals surface area contributed by atoms with E-state index in [4.69, 9.17) is 9.47 Å². The van der Waals surface area contributed by atoms with E-state index in [1.165, 1.54) is 14.0 Å². The lowest BCUT2D eigenvalue weighted by Crippen LogP contribution is -2.03. The minimum Gasteiger partial charge on any atom is -0.493 e. The van der Waals surface area contributed by atoms with Crippen LogP contribution in [-0.2, 0) is 16.0 Å². The van der Waals surface area contributed by atoms with Gasteiger partial charge in [0.05, 0.1) is 7.11 Å². The quantitative estimate of drug-likeness (QED) is 0.432. The first-order chi connectivity index (χ1) is 7.67. The maximum atomic E-state index is 10.8. The molecule has 0 heterocycles. The lowest BCUT2D eigenvalue weighted by atomic mass is 10.1. The molecule has 16 heavy (non-hydrogen) atoms. The van der Waals surface area contributed by atoms with Crippen LogP contribution in [0.4, 0.5) is 0 Å². The van der Waals surface area contributed by atoms with Crippen LogP contribution in [0, 0.1) is 0 Å². The van der Waals surface area contributed by atoms with Gasteiger partial charge in [0.15, 0.2) is 11.5 Å². The number of benzene rings is 1. The Kier molecular flexibility index (Phi) is 4.51. The zero-order valence-corrected chi connectivity index (χ0v) is 9.36. The molecule has 0 fully saturated rings. The van der Waals surface area contributed by atoms with Crippen LogP contribution in [0.5, 0.6) is 11.5 Å². The maximum absolute atomic E-state index is 10.8. The first kappa shape index (κ1) is 12.2. The van der Waals surface area contributed by atoms with Crippen LogP contribution < -0.4 is 9.47 Å². The Labute approximate surface area is 94.2 Å². The molecule has 1 aromatic carbocycles. The molecule has 0 amide bonds. The normalized spacial score (nSPS) is 9.62. The lowest BCUT2D eigenvalue weighted by molar-refractivity contribution is -0.132. The highest BCUT2D eigenvalue weighted by molar-refractivity contribution is 5.70. The average molecular weight is 222 g/mol. The number of aryl methyl sites for hydroxylation is 1. The summed E-state index contributed by atoms with van der Waals surface area (Å²) in [4.78, 5) is 21.1. The molecule has 0 aliphatic carbocycles. The number of methoxy groups -OCH3 is 1. The molecule has 0 atom stereocenters. The van der Waals surface area contributed by atoms with Crippen molar-refractivity contribution in [2.24, 2.45) is 0 Å². The van der Waals surface area contributed by atoms with Gasteiger partial charge < -0.3 is 14.3 Å². The van der Waals surface area contributed by atoms with E-state index in [1.807, 2.05) is 6.07 Å². The summed E-state index contributed by atoms with van der Waals surface area (Å²) in [5.41, 5.74) is 0.972. The number of esters is 1. The summed E-state index contributed by atoms with van der Waals surface area (Å²) in [5.74, 6) is 0.502. The molecule has 86 valence electrons. The van der Waals surface area contributed by atoms with Crippen molar-refractivity contribution in [3.05, 3.63) is 23.8 Å². The summed E-state index contributed by atoms with van der Waals surface area (Å²) in [6, 6.07) is 5.24. The fourth-order valence-electron chi connectivity index (χ4n) is 1.33. The Hall–Kier alpha value is -1.84. The molecule has 0 aromatic heterocycles. The molecule has 0 bridgehead atoms. The summed E-state index contributed by atoms with van der Waals surface area (Å²) in [6.07, 6.45) is 1.99. The molecule has 1 aromatic rings. The maximum Gasteiger partial charge on any atom is 0.308 e. The number of hydrogen-bond donors (Lipinski definition) is 0. The zero-order chi connectivity index (χ0) is 12.0. The van der Waals surface area contributed by atoms with Crippen molar-refractivity contribution in [2.45, 2.75) is 19.8 Å². The highest BCUT2D eigenvalue weighted by Crippen LogP contribution is 2.28. The van der Waals surface area contributed by atoms with Crippen molar-refractivity contribution >= 4 is 12.3 Å². The van der Waals surface area contributed by atoms with E-state index in [9.17, 15) is 9.59 Å². The summed E-state index contributed by atoms with van der Waals surface area (Å²) in [6.45, 7) is 1.33. The van der Waals surface area contributed by atoms with E-state index in [0.717, 1.165) is 11.8 Å². The lowest BCUT2D eigenvalue weighted by Gasteiger charge is -2.09. The third kappa shape index (κ3) is 3.38. The fraction of sp³-hybridized carbons (Fsp3) is 0.333. The first-order valence-electron chi connectivity index (χ1n) is 4.96. The molecule has 0 aliphatic rings. The van der Waals surface area contributed by atoms with Crippen LogP contribution >= 0.6 is 0 Å². The van der Waals surface area contributed by atoms with Gasteiger partial charge in [0.1, 0.15) is 6.29 Å². The smallest absolute Gasteiger partial charge is 0.308 e. The Balaban J connectivity index is 2.87. The molecule has 1 rings (SSSR count). The van der Waals surface area contributed by atoms with E-state index >= 15 is 0 Å². The van der Waals surface area contributed by atoms with E-state index in [-0.39, 0.29) is 5.97 Å². The average Bonchev–Trinajstić information content (AvgIpc) is 2.27. The first-order valence-corrected chi connectivity index (χ1v) is 4.96. The van der Waals surface area contributed by atoms with E-state index < -0.39 is 0 Å². The van der Waals surface area contributed by atoms with Crippen molar-refractivity contribution in [3.63, 3.8) is 0 Å². The number of carbonyl (C=O) groups is 2. The molecule has 0 saturated carbocycles. The van der Waals surface area contributed by atoms with Crippen LogP contribution in [0.25, 0.3) is 0 Å². The number of hydrogen-bond acceptors (Lipinski definition) is 4. The van der Waals surface area contributed by atoms with Crippen LogP contribution in [-0.4, -0.2) is 19.4 Å². The predicted octanol–water partition coefficient (Wildman–Crippen LogP) is 1.75. The molecule has 4 nitrogen and oxygen atoms in total. The van der Waals surface area contributed by atoms with Crippen LogP contribution in [0.3, 0.4) is 0 Å². The van der Waals surface area contributed by atoms with Crippen molar-refractivity contribution in [1.82, 2.24) is 0 Å². The number of carbonyl (C=O) groups excluding carboxylic acids is 2. The molecule has 0 unspecified atom stereocenters. The van der Waals surface area contributed by atoms with Crippen molar-refractivity contribution in [2.75, 3.05) is 7.11 Å². The van der Waals surface area contributed by atoms with Gasteiger partial charge in [0.25, 0.3) is 0 Å². The molecular weight excluding hydrogens is 208 g/mol. The fourth-order valence-corrected chi connectivity index (χ4v) is 1.33. The summed E-state index contributed by atoms with van der Waals surface area (Å²) in [7, 11) is 1.51. The predicted molar refractivity (Wildman–Crippen MR) is 58.7 cm³/mol. The summed E-state index contributed by atoms with van der Waals surface area (Å²) < 4.78 is 10.1. The largest absolute Gasteiger partial charge is 0.493 e. The van der Waals surface area contributed by atoms with Crippen LogP contribution in [0.1, 0.15) is 18.9 Å². The second-order valence-corrected chi connectivity index (χ2v) is 3.28. The Morgan fingerprint density at radius 1 is 1.38 bits per heavy atom. The molecule has 0 aliphatic heterocycles. The topological polar surface area (TPSA) is 52.6 Å². The van der Waals surface area contributed by atoms with Gasteiger partial charge in [-0.25, -0.2) is 0 Å². The second-order valence-electron chi connectivity index (χ2n) is 3.28. The van der Waals surface area contributed by atoms with Crippen molar-refractivity contribution in [1.29, 1.82) is 0 Å². The Morgan fingerprint density at radius 2 is 2.12 bits per heavy atom. The van der Waals surface area contributed by atoms with Gasteiger partial charge in [-0.3, -0.25) is 4.79 Å². The minimum absolute atomic E-state index is 0.390. The molecule has 0 spiro atoms. The third-order valence-corrected chi connectivity index (χ3v) is 2.03. The standard InChI is InChI=1S/C12H14O4/c1-9(14)16-11-6-5-10(4-3-7-13)8-12(11)15-2/h5-8H,3-4H2,1-2H3. The third-order valence-electron chi connectivity index (χ3n) is 2.03. The molecule has 0 saturated heterocycles. The Bertz CT molecular complexity index is 385. The van der Waals surface area contributed by atoms with Crippen molar-refractivity contribution < 1.29 is 19.1 Å². The van der Waals surface area contributed by atoms with Gasteiger partial charge in [-0.15, -0.1) is 0 Å². The highest BCUT2D eigenvalue weighted by atomic mass is 16.6. The van der Waals surface area contributed by atoms with Gasteiger partial charge in [-0.2, -0.15) is 0 Å². The summed E-state index contributed by atoms with van der Waals surface area (Å²) in [5, 5.41) is 0. The monoisotopic (exact) mass is 222 g/mol. The minimum atomic E-state index is -0.390. The zero-order valence-electron chi connectivity index (χ0n) is 9.36. The summed E-state index contributed by atoms with van der Waals surface area (Å²) >= 11 is 0. The molecule has 4 heteroatoms. The van der Waals surface area contributed by atoms with Crippen molar-refractivity contribution in [3.8, 4) is 11.5 Å². The van der Waals surface area contributed by atoms with E-state index in [0.29, 0.717) is 24.3 Å². The van der Waals surface area contributed by atoms with Gasteiger partial charge >= 0.3 is 5.97 Å². The number of ether oxygens (including phenoxy) is 2.